The number of hydrogen-bond donors (Lipinski definition) is 0. The zero-order valence-electron chi connectivity index (χ0n) is 10.5. The second-order valence-electron chi connectivity index (χ2n) is 4.65. The van der Waals surface area contributed by atoms with E-state index in [1.165, 1.54) is 6.08 Å². The quantitative estimate of drug-likeness (QED) is 0.591. The molecule has 102 valence electrons. The van der Waals surface area contributed by atoms with Gasteiger partial charge in [-0.15, -0.1) is 0 Å². The maximum atomic E-state index is 11.9. The van der Waals surface area contributed by atoms with Gasteiger partial charge in [-0.1, -0.05) is 30.1 Å². The molecule has 18 heavy (non-hydrogen) atoms. The van der Waals surface area contributed by atoms with Crippen LogP contribution in [0.15, 0.2) is 10.6 Å². The van der Waals surface area contributed by atoms with E-state index in [0.29, 0.717) is 6.42 Å². The summed E-state index contributed by atoms with van der Waals surface area (Å²) in [6, 6.07) is 0. The lowest BCUT2D eigenvalue weighted by Crippen LogP contribution is -2.32. The highest BCUT2D eigenvalue weighted by Crippen LogP contribution is 2.40. The predicted molar refractivity (Wildman–Crippen MR) is 68.2 cm³/mol. The first kappa shape index (κ1) is 15.3. The summed E-state index contributed by atoms with van der Waals surface area (Å²) in [5, 5.41) is 0. The highest BCUT2D eigenvalue weighted by atomic mass is 35.5. The Morgan fingerprint density at radius 3 is 2.61 bits per heavy atom. The smallest absolute Gasteiger partial charge is 0.321 e. The average Bonchev–Trinajstić information content (AvgIpc) is 2.45. The van der Waals surface area contributed by atoms with Crippen molar-refractivity contribution in [2.75, 3.05) is 6.61 Å². The van der Waals surface area contributed by atoms with Crippen LogP contribution in [0, 0.1) is 11.8 Å². The number of carbonyl (C=O) groups is 2. The lowest BCUT2D eigenvalue weighted by molar-refractivity contribution is -0.157. The molecule has 2 atom stereocenters. The van der Waals surface area contributed by atoms with E-state index >= 15 is 0 Å². The summed E-state index contributed by atoms with van der Waals surface area (Å²) >= 11 is 11.2. The van der Waals surface area contributed by atoms with Crippen LogP contribution in [0.25, 0.3) is 0 Å². The van der Waals surface area contributed by atoms with E-state index in [0.717, 1.165) is 0 Å². The standard InChI is InChI=1S/C12H16Cl2O4/c1-4-5-17-10(15)9-7(6-8(13)14)12(2,3)18-11(9)16/h6-7,9H,4-5H2,1-3H3. The minimum Gasteiger partial charge on any atom is -0.465 e. The molecule has 0 aromatic heterocycles. The molecule has 0 N–H and O–H groups in total. The number of esters is 2. The molecule has 0 radical (unpaired) electrons. The number of cyclic esters (lactones) is 1. The molecule has 0 amide bonds. The fourth-order valence-electron chi connectivity index (χ4n) is 1.91. The lowest BCUT2D eigenvalue weighted by atomic mass is 9.83. The van der Waals surface area contributed by atoms with E-state index in [-0.39, 0.29) is 11.1 Å². The van der Waals surface area contributed by atoms with E-state index in [4.69, 9.17) is 32.7 Å². The molecule has 1 fully saturated rings. The number of halogens is 2. The van der Waals surface area contributed by atoms with Gasteiger partial charge in [-0.05, 0) is 26.3 Å². The summed E-state index contributed by atoms with van der Waals surface area (Å²) in [6.45, 7) is 5.55. The molecule has 1 aliphatic rings. The topological polar surface area (TPSA) is 52.6 Å². The van der Waals surface area contributed by atoms with Crippen molar-refractivity contribution in [3.05, 3.63) is 10.6 Å². The first-order chi connectivity index (χ1) is 8.29. The molecule has 1 rings (SSSR count). The van der Waals surface area contributed by atoms with Crippen molar-refractivity contribution in [1.29, 1.82) is 0 Å². The molecular formula is C12H16Cl2O4. The summed E-state index contributed by atoms with van der Waals surface area (Å²) in [7, 11) is 0. The SMILES string of the molecule is CCCOC(=O)C1C(=O)OC(C)(C)C1C=C(Cl)Cl. The van der Waals surface area contributed by atoms with Crippen LogP contribution in [-0.2, 0) is 19.1 Å². The van der Waals surface area contributed by atoms with Crippen molar-refractivity contribution in [2.24, 2.45) is 11.8 Å². The molecule has 1 saturated heterocycles. The van der Waals surface area contributed by atoms with E-state index in [9.17, 15) is 9.59 Å². The normalized spacial score (nSPS) is 25.5. The Morgan fingerprint density at radius 2 is 2.11 bits per heavy atom. The lowest BCUT2D eigenvalue weighted by Gasteiger charge is -2.23. The Kier molecular flexibility index (Phi) is 5.05. The second kappa shape index (κ2) is 5.93. The fourth-order valence-corrected chi connectivity index (χ4v) is 2.18. The van der Waals surface area contributed by atoms with Gasteiger partial charge in [0.15, 0.2) is 5.92 Å². The van der Waals surface area contributed by atoms with E-state index < -0.39 is 29.4 Å². The molecular weight excluding hydrogens is 279 g/mol. The third kappa shape index (κ3) is 3.39. The van der Waals surface area contributed by atoms with Crippen LogP contribution in [0.3, 0.4) is 0 Å². The molecule has 0 aromatic rings. The van der Waals surface area contributed by atoms with Gasteiger partial charge in [0, 0.05) is 5.92 Å². The summed E-state index contributed by atoms with van der Waals surface area (Å²) in [6.07, 6.45) is 2.14. The van der Waals surface area contributed by atoms with Gasteiger partial charge in [-0.2, -0.15) is 0 Å². The minimum atomic E-state index is -1.00. The van der Waals surface area contributed by atoms with Gasteiger partial charge < -0.3 is 9.47 Å². The number of ether oxygens (including phenoxy) is 2. The average molecular weight is 295 g/mol. The number of rotatable bonds is 4. The van der Waals surface area contributed by atoms with E-state index in [2.05, 4.69) is 0 Å². The van der Waals surface area contributed by atoms with Crippen LogP contribution < -0.4 is 0 Å². The zero-order valence-corrected chi connectivity index (χ0v) is 12.0. The van der Waals surface area contributed by atoms with Crippen LogP contribution in [0.1, 0.15) is 27.2 Å². The molecule has 1 aliphatic heterocycles. The van der Waals surface area contributed by atoms with Gasteiger partial charge in [0.2, 0.25) is 0 Å². The van der Waals surface area contributed by atoms with Crippen molar-refractivity contribution in [3.63, 3.8) is 0 Å². The van der Waals surface area contributed by atoms with Crippen LogP contribution >= 0.6 is 23.2 Å². The van der Waals surface area contributed by atoms with Gasteiger partial charge >= 0.3 is 11.9 Å². The van der Waals surface area contributed by atoms with Crippen LogP contribution in [0.5, 0.6) is 0 Å². The summed E-state index contributed by atoms with van der Waals surface area (Å²) in [5.74, 6) is -2.72. The van der Waals surface area contributed by atoms with Crippen molar-refractivity contribution < 1.29 is 19.1 Å². The van der Waals surface area contributed by atoms with Crippen molar-refractivity contribution >= 4 is 35.1 Å². The molecule has 4 nitrogen and oxygen atoms in total. The Balaban J connectivity index is 2.96. The van der Waals surface area contributed by atoms with Gasteiger partial charge in [-0.3, -0.25) is 9.59 Å². The Labute approximate surface area is 116 Å². The van der Waals surface area contributed by atoms with Crippen LogP contribution in [-0.4, -0.2) is 24.1 Å². The van der Waals surface area contributed by atoms with Gasteiger partial charge in [-0.25, -0.2) is 0 Å². The first-order valence-electron chi connectivity index (χ1n) is 5.72. The van der Waals surface area contributed by atoms with Gasteiger partial charge in [0.25, 0.3) is 0 Å². The first-order valence-corrected chi connectivity index (χ1v) is 6.47. The Morgan fingerprint density at radius 1 is 1.50 bits per heavy atom. The monoisotopic (exact) mass is 294 g/mol. The largest absolute Gasteiger partial charge is 0.465 e. The molecule has 0 aliphatic carbocycles. The molecule has 1 heterocycles. The predicted octanol–water partition coefficient (Wildman–Crippen LogP) is 2.83. The fraction of sp³-hybridized carbons (Fsp3) is 0.667. The highest BCUT2D eigenvalue weighted by Gasteiger charge is 2.53. The van der Waals surface area contributed by atoms with Crippen molar-refractivity contribution in [3.8, 4) is 0 Å². The molecule has 0 aromatic carbocycles. The van der Waals surface area contributed by atoms with Crippen molar-refractivity contribution in [2.45, 2.75) is 32.8 Å². The van der Waals surface area contributed by atoms with E-state index in [1.54, 1.807) is 13.8 Å². The van der Waals surface area contributed by atoms with E-state index in [1.807, 2.05) is 6.92 Å². The molecule has 6 heteroatoms. The maximum Gasteiger partial charge on any atom is 0.321 e. The minimum absolute atomic E-state index is 0.000309. The summed E-state index contributed by atoms with van der Waals surface area (Å²) < 4.78 is 10.2. The second-order valence-corrected chi connectivity index (χ2v) is 5.66. The molecule has 0 saturated carbocycles. The summed E-state index contributed by atoms with van der Waals surface area (Å²) in [4.78, 5) is 23.6. The number of hydrogen-bond acceptors (Lipinski definition) is 4. The third-order valence-electron chi connectivity index (χ3n) is 2.79. The Bertz CT molecular complexity index is 372. The summed E-state index contributed by atoms with van der Waals surface area (Å²) in [5.41, 5.74) is -0.831. The van der Waals surface area contributed by atoms with Gasteiger partial charge in [0.05, 0.1) is 6.61 Å². The molecule has 0 spiro atoms. The Hall–Kier alpha value is -0.740. The van der Waals surface area contributed by atoms with Crippen LogP contribution in [0.2, 0.25) is 0 Å². The van der Waals surface area contributed by atoms with Crippen LogP contribution in [0.4, 0.5) is 0 Å². The molecule has 2 unspecified atom stereocenters. The van der Waals surface area contributed by atoms with Crippen molar-refractivity contribution in [1.82, 2.24) is 0 Å². The maximum absolute atomic E-state index is 11.9. The molecule has 0 bridgehead atoms. The highest BCUT2D eigenvalue weighted by molar-refractivity contribution is 6.55. The third-order valence-corrected chi connectivity index (χ3v) is 3.04. The zero-order chi connectivity index (χ0) is 13.9. The van der Waals surface area contributed by atoms with Gasteiger partial charge in [0.1, 0.15) is 10.1 Å². The number of carbonyl (C=O) groups excluding carboxylic acids is 2.